The smallest absolute Gasteiger partial charge is 0.186 e. The second kappa shape index (κ2) is 14.6. The molecule has 0 spiro atoms. The molecule has 0 N–H and O–H groups in total. The van der Waals surface area contributed by atoms with Gasteiger partial charge in [0.2, 0.25) is 0 Å². The molecule has 44 heavy (non-hydrogen) atoms. The molecule has 5 heteroatoms. The number of benzene rings is 5. The van der Waals surface area contributed by atoms with Crippen LogP contribution >= 0.6 is 0 Å². The molecule has 1 aliphatic heterocycles. The Morgan fingerprint density at radius 2 is 0.909 bits per heavy atom. The quantitative estimate of drug-likeness (QED) is 0.133. The zero-order chi connectivity index (χ0) is 30.0. The second-order valence-corrected chi connectivity index (χ2v) is 10.9. The van der Waals surface area contributed by atoms with Crippen molar-refractivity contribution in [3.05, 3.63) is 179 Å². The molecule has 1 heterocycles. The van der Waals surface area contributed by atoms with E-state index in [1.807, 2.05) is 103 Å². The van der Waals surface area contributed by atoms with Crippen LogP contribution in [0, 0.1) is 0 Å². The van der Waals surface area contributed by atoms with Crippen LogP contribution in [0.1, 0.15) is 27.8 Å². The maximum Gasteiger partial charge on any atom is 0.186 e. The molecule has 0 aliphatic carbocycles. The Morgan fingerprint density at radius 1 is 0.523 bits per heavy atom. The summed E-state index contributed by atoms with van der Waals surface area (Å²) in [7, 11) is 1.64. The van der Waals surface area contributed by atoms with Crippen molar-refractivity contribution < 1.29 is 23.7 Å². The lowest BCUT2D eigenvalue weighted by Crippen LogP contribution is -2.42. The van der Waals surface area contributed by atoms with Gasteiger partial charge in [0.25, 0.3) is 0 Å². The van der Waals surface area contributed by atoms with Crippen LogP contribution in [0.25, 0.3) is 0 Å². The summed E-state index contributed by atoms with van der Waals surface area (Å²) in [6, 6.07) is 51.3. The molecule has 5 nitrogen and oxygen atoms in total. The van der Waals surface area contributed by atoms with E-state index < -0.39 is 30.2 Å². The predicted molar refractivity (Wildman–Crippen MR) is 171 cm³/mol. The Morgan fingerprint density at radius 3 is 1.32 bits per heavy atom. The summed E-state index contributed by atoms with van der Waals surface area (Å²) in [6.07, 6.45) is -1.98. The van der Waals surface area contributed by atoms with Gasteiger partial charge < -0.3 is 23.7 Å². The number of hydrogen-bond acceptors (Lipinski definition) is 5. The first-order valence-corrected chi connectivity index (χ1v) is 15.1. The van der Waals surface area contributed by atoms with Gasteiger partial charge in [-0.2, -0.15) is 0 Å². The Balaban J connectivity index is 1.33. The van der Waals surface area contributed by atoms with E-state index in [1.54, 1.807) is 7.11 Å². The van der Waals surface area contributed by atoms with Crippen LogP contribution in [0.2, 0.25) is 0 Å². The van der Waals surface area contributed by atoms with E-state index >= 15 is 0 Å². The van der Waals surface area contributed by atoms with Crippen molar-refractivity contribution in [1.29, 1.82) is 0 Å². The Labute approximate surface area is 260 Å². The Bertz CT molecular complexity index is 1430. The molecule has 5 aromatic rings. The summed E-state index contributed by atoms with van der Waals surface area (Å²) >= 11 is 0. The van der Waals surface area contributed by atoms with Crippen molar-refractivity contribution >= 4 is 0 Å². The van der Waals surface area contributed by atoms with Gasteiger partial charge >= 0.3 is 0 Å². The molecule has 0 bridgehead atoms. The van der Waals surface area contributed by atoms with Crippen molar-refractivity contribution in [2.45, 2.75) is 43.4 Å². The van der Waals surface area contributed by atoms with Crippen LogP contribution in [-0.2, 0) is 42.5 Å². The van der Waals surface area contributed by atoms with Crippen molar-refractivity contribution in [2.75, 3.05) is 13.7 Å². The number of hydrogen-bond donors (Lipinski definition) is 0. The summed E-state index contributed by atoms with van der Waals surface area (Å²) in [5.74, 6) is 0. The van der Waals surface area contributed by atoms with Crippen molar-refractivity contribution in [3.8, 4) is 0 Å². The molecule has 1 saturated heterocycles. The number of rotatable bonds is 13. The van der Waals surface area contributed by atoms with Crippen LogP contribution in [0.4, 0.5) is 0 Å². The second-order valence-electron chi connectivity index (χ2n) is 10.9. The standard InChI is InChI=1S/C39H38O5/c1-40-38-37(42-28-31-19-9-3-10-20-31)36(41-27-30-17-7-2-8-18-30)35(44-38)29-43-39(32-21-11-4-12-22-32,33-23-13-5-14-24-33)34-25-15-6-16-26-34/h2-26,35-38H,27-29H2,1H3/t35-,36-,37+,38+/m1/s1. The topological polar surface area (TPSA) is 46.2 Å². The summed E-state index contributed by atoms with van der Waals surface area (Å²) in [6.45, 7) is 1.06. The Hall–Kier alpha value is -4.10. The number of methoxy groups -OCH3 is 1. The molecule has 0 amide bonds. The average Bonchev–Trinajstić information content (AvgIpc) is 3.45. The Kier molecular flexibility index (Phi) is 9.93. The highest BCUT2D eigenvalue weighted by Crippen LogP contribution is 2.41. The SMILES string of the molecule is CO[C@H]1O[C@H](COC(c2ccccc2)(c2ccccc2)c2ccccc2)[C@@H](OCc2ccccc2)[C@@H]1OCc1ccccc1. The summed E-state index contributed by atoms with van der Waals surface area (Å²) in [4.78, 5) is 0. The number of ether oxygens (including phenoxy) is 5. The minimum Gasteiger partial charge on any atom is -0.368 e. The third-order valence-electron chi connectivity index (χ3n) is 8.08. The fourth-order valence-corrected chi connectivity index (χ4v) is 5.90. The van der Waals surface area contributed by atoms with Crippen LogP contribution in [0.5, 0.6) is 0 Å². The molecule has 224 valence electrons. The average molecular weight is 587 g/mol. The maximum absolute atomic E-state index is 7.14. The molecule has 0 radical (unpaired) electrons. The van der Waals surface area contributed by atoms with Gasteiger partial charge in [-0.3, -0.25) is 0 Å². The van der Waals surface area contributed by atoms with Crippen LogP contribution in [0.15, 0.2) is 152 Å². The summed E-state index contributed by atoms with van der Waals surface area (Å²) in [5.41, 5.74) is 4.33. The normalized spacial score (nSPS) is 20.0. The lowest BCUT2D eigenvalue weighted by Gasteiger charge is -2.37. The minimum atomic E-state index is -0.886. The van der Waals surface area contributed by atoms with E-state index in [2.05, 4.69) is 48.5 Å². The van der Waals surface area contributed by atoms with E-state index in [0.29, 0.717) is 13.2 Å². The molecular formula is C39H38O5. The zero-order valence-electron chi connectivity index (χ0n) is 24.9. The van der Waals surface area contributed by atoms with Gasteiger partial charge in [0.05, 0.1) is 19.8 Å². The predicted octanol–water partition coefficient (Wildman–Crippen LogP) is 7.54. The first kappa shape index (κ1) is 29.9. The van der Waals surface area contributed by atoms with Crippen molar-refractivity contribution in [1.82, 2.24) is 0 Å². The molecule has 1 fully saturated rings. The fraction of sp³-hybridized carbons (Fsp3) is 0.231. The highest BCUT2D eigenvalue weighted by Gasteiger charge is 2.48. The van der Waals surface area contributed by atoms with Crippen LogP contribution in [0.3, 0.4) is 0 Å². The van der Waals surface area contributed by atoms with E-state index in [4.69, 9.17) is 23.7 Å². The lowest BCUT2D eigenvalue weighted by atomic mass is 9.80. The summed E-state index contributed by atoms with van der Waals surface area (Å²) < 4.78 is 32.6. The molecule has 0 saturated carbocycles. The highest BCUT2D eigenvalue weighted by atomic mass is 16.7. The van der Waals surface area contributed by atoms with Gasteiger partial charge in [0.15, 0.2) is 6.29 Å². The van der Waals surface area contributed by atoms with Crippen LogP contribution < -0.4 is 0 Å². The van der Waals surface area contributed by atoms with E-state index in [1.165, 1.54) is 0 Å². The van der Waals surface area contributed by atoms with Crippen molar-refractivity contribution in [3.63, 3.8) is 0 Å². The van der Waals surface area contributed by atoms with E-state index in [0.717, 1.165) is 27.8 Å². The van der Waals surface area contributed by atoms with Gasteiger partial charge in [0.1, 0.15) is 23.9 Å². The first-order valence-electron chi connectivity index (χ1n) is 15.1. The van der Waals surface area contributed by atoms with Gasteiger partial charge in [0, 0.05) is 7.11 Å². The third-order valence-corrected chi connectivity index (χ3v) is 8.08. The molecule has 0 aromatic heterocycles. The first-order chi connectivity index (χ1) is 21.8. The highest BCUT2D eigenvalue weighted by molar-refractivity contribution is 5.47. The van der Waals surface area contributed by atoms with E-state index in [9.17, 15) is 0 Å². The van der Waals surface area contributed by atoms with Gasteiger partial charge in [-0.25, -0.2) is 0 Å². The lowest BCUT2D eigenvalue weighted by molar-refractivity contribution is -0.173. The van der Waals surface area contributed by atoms with Crippen molar-refractivity contribution in [2.24, 2.45) is 0 Å². The molecule has 5 aromatic carbocycles. The summed E-state index contributed by atoms with van der Waals surface area (Å²) in [5, 5.41) is 0. The van der Waals surface area contributed by atoms with Gasteiger partial charge in [-0.1, -0.05) is 152 Å². The maximum atomic E-state index is 7.14. The van der Waals surface area contributed by atoms with E-state index in [-0.39, 0.29) is 6.61 Å². The largest absolute Gasteiger partial charge is 0.368 e. The zero-order valence-corrected chi connectivity index (χ0v) is 24.9. The molecular weight excluding hydrogens is 548 g/mol. The van der Waals surface area contributed by atoms with Crippen LogP contribution in [-0.4, -0.2) is 38.3 Å². The molecule has 6 rings (SSSR count). The third kappa shape index (κ3) is 6.68. The molecule has 4 atom stereocenters. The molecule has 0 unspecified atom stereocenters. The monoisotopic (exact) mass is 586 g/mol. The minimum absolute atomic E-state index is 0.239. The van der Waals surface area contributed by atoms with Gasteiger partial charge in [-0.15, -0.1) is 0 Å². The molecule has 1 aliphatic rings. The fourth-order valence-electron chi connectivity index (χ4n) is 5.90. The van der Waals surface area contributed by atoms with Gasteiger partial charge in [-0.05, 0) is 27.8 Å².